The molecule has 0 saturated carbocycles. The number of aliphatic hydroxyl groups is 1. The van der Waals surface area contributed by atoms with Crippen LogP contribution in [-0.4, -0.2) is 72.7 Å². The molecule has 1 fully saturated rings. The molecule has 2 aromatic heterocycles. The van der Waals surface area contributed by atoms with Gasteiger partial charge in [-0.2, -0.15) is 0 Å². The summed E-state index contributed by atoms with van der Waals surface area (Å²) in [5.41, 5.74) is 1.95. The van der Waals surface area contributed by atoms with Gasteiger partial charge in [0, 0.05) is 26.5 Å². The standard InChI is InChI=1S/C26H29N3O7/c1-15-21(28-10-7-6-9-19(28)27-15)23(30)20-22(29(11-8-12-33-2)26(32)24(20)31)16-13-17(34-3)25(36-5)18(14-16)35-4/h6-7,9-10,13-14,22,30H,8,11-12H2,1-5H3/b23-20+. The maximum Gasteiger partial charge on any atom is 0.295 e. The number of rotatable bonds is 9. The highest BCUT2D eigenvalue weighted by atomic mass is 16.5. The van der Waals surface area contributed by atoms with Crippen molar-refractivity contribution in [1.29, 1.82) is 0 Å². The number of ether oxygens (including phenoxy) is 4. The minimum absolute atomic E-state index is 0.0413. The Morgan fingerprint density at radius 3 is 2.36 bits per heavy atom. The second-order valence-electron chi connectivity index (χ2n) is 8.27. The number of aliphatic hydroxyl groups excluding tert-OH is 1. The summed E-state index contributed by atoms with van der Waals surface area (Å²) in [6.07, 6.45) is 2.24. The van der Waals surface area contributed by atoms with Crippen LogP contribution in [0.25, 0.3) is 11.4 Å². The molecule has 1 amide bonds. The molecule has 1 aliphatic rings. The fraction of sp³-hybridized carbons (Fsp3) is 0.346. The number of benzene rings is 1. The first-order chi connectivity index (χ1) is 17.4. The molecule has 1 N–H and O–H groups in total. The van der Waals surface area contributed by atoms with Crippen molar-refractivity contribution in [2.24, 2.45) is 0 Å². The third kappa shape index (κ3) is 4.13. The summed E-state index contributed by atoms with van der Waals surface area (Å²) in [5, 5.41) is 11.6. The molecule has 36 heavy (non-hydrogen) atoms. The number of aryl methyl sites for hydroxylation is 1. The van der Waals surface area contributed by atoms with Crippen LogP contribution < -0.4 is 14.2 Å². The predicted molar refractivity (Wildman–Crippen MR) is 132 cm³/mol. The zero-order chi connectivity index (χ0) is 26.0. The molecule has 0 radical (unpaired) electrons. The Balaban J connectivity index is 1.97. The summed E-state index contributed by atoms with van der Waals surface area (Å²) in [6, 6.07) is 7.88. The van der Waals surface area contributed by atoms with Gasteiger partial charge in [-0.25, -0.2) is 4.98 Å². The molecule has 0 aliphatic carbocycles. The number of aromatic nitrogens is 2. The first kappa shape index (κ1) is 25.1. The molecule has 1 aromatic carbocycles. The molecule has 10 nitrogen and oxygen atoms in total. The number of hydrogen-bond donors (Lipinski definition) is 1. The van der Waals surface area contributed by atoms with Crippen LogP contribution in [0, 0.1) is 6.92 Å². The third-order valence-corrected chi connectivity index (χ3v) is 6.22. The van der Waals surface area contributed by atoms with Crippen molar-refractivity contribution in [2.75, 3.05) is 41.6 Å². The van der Waals surface area contributed by atoms with E-state index in [1.165, 1.54) is 26.2 Å². The molecule has 1 aliphatic heterocycles. The number of likely N-dealkylation sites (tertiary alicyclic amines) is 1. The van der Waals surface area contributed by atoms with Crippen LogP contribution in [0.3, 0.4) is 0 Å². The highest BCUT2D eigenvalue weighted by Gasteiger charge is 2.47. The van der Waals surface area contributed by atoms with Gasteiger partial charge in [-0.1, -0.05) is 6.07 Å². The van der Waals surface area contributed by atoms with E-state index in [1.807, 2.05) is 6.07 Å². The average molecular weight is 496 g/mol. The second kappa shape index (κ2) is 10.3. The average Bonchev–Trinajstić information content (AvgIpc) is 3.35. The Hall–Kier alpha value is -4.05. The van der Waals surface area contributed by atoms with E-state index in [2.05, 4.69) is 4.98 Å². The van der Waals surface area contributed by atoms with Gasteiger partial charge in [0.2, 0.25) is 5.75 Å². The molecule has 0 spiro atoms. The summed E-state index contributed by atoms with van der Waals surface area (Å²) in [7, 11) is 6.03. The Bertz CT molecular complexity index is 1320. The van der Waals surface area contributed by atoms with Crippen molar-refractivity contribution >= 4 is 23.1 Å². The van der Waals surface area contributed by atoms with Crippen molar-refractivity contribution in [2.45, 2.75) is 19.4 Å². The molecule has 4 rings (SSSR count). The summed E-state index contributed by atoms with van der Waals surface area (Å²) in [6.45, 7) is 2.38. The number of pyridine rings is 1. The number of methoxy groups -OCH3 is 4. The van der Waals surface area contributed by atoms with Gasteiger partial charge in [-0.05, 0) is 43.2 Å². The highest BCUT2D eigenvalue weighted by molar-refractivity contribution is 6.46. The fourth-order valence-corrected chi connectivity index (χ4v) is 4.62. The van der Waals surface area contributed by atoms with Gasteiger partial charge in [0.25, 0.3) is 11.7 Å². The van der Waals surface area contributed by atoms with Crippen LogP contribution in [0.4, 0.5) is 0 Å². The molecule has 1 atom stereocenters. The number of hydrogen-bond acceptors (Lipinski definition) is 8. The smallest absolute Gasteiger partial charge is 0.295 e. The van der Waals surface area contributed by atoms with Gasteiger partial charge in [0.05, 0.1) is 38.6 Å². The monoisotopic (exact) mass is 495 g/mol. The number of ketones is 1. The van der Waals surface area contributed by atoms with Gasteiger partial charge in [0.1, 0.15) is 11.3 Å². The quantitative estimate of drug-likeness (QED) is 0.209. The minimum Gasteiger partial charge on any atom is -0.505 e. The van der Waals surface area contributed by atoms with Crippen molar-refractivity contribution in [1.82, 2.24) is 14.3 Å². The Morgan fingerprint density at radius 1 is 1.06 bits per heavy atom. The zero-order valence-corrected chi connectivity index (χ0v) is 20.9. The number of imidazole rings is 1. The lowest BCUT2D eigenvalue weighted by Gasteiger charge is -2.26. The largest absolute Gasteiger partial charge is 0.505 e. The summed E-state index contributed by atoms with van der Waals surface area (Å²) in [4.78, 5) is 32.5. The van der Waals surface area contributed by atoms with E-state index in [0.29, 0.717) is 52.9 Å². The molecular weight excluding hydrogens is 466 g/mol. The van der Waals surface area contributed by atoms with Crippen LogP contribution >= 0.6 is 0 Å². The van der Waals surface area contributed by atoms with Crippen LogP contribution in [-0.2, 0) is 14.3 Å². The number of amides is 1. The lowest BCUT2D eigenvalue weighted by Crippen LogP contribution is -2.31. The normalized spacial score (nSPS) is 17.1. The van der Waals surface area contributed by atoms with E-state index in [9.17, 15) is 14.7 Å². The maximum atomic E-state index is 13.4. The molecule has 3 heterocycles. The van der Waals surface area contributed by atoms with Gasteiger partial charge >= 0.3 is 0 Å². The molecule has 190 valence electrons. The van der Waals surface area contributed by atoms with E-state index in [1.54, 1.807) is 48.9 Å². The SMILES string of the molecule is COCCCN1C(=O)C(=O)/C(=C(/O)c2c(C)nc3ccccn23)C1c1cc(OC)c(OC)c(OC)c1. The lowest BCUT2D eigenvalue weighted by molar-refractivity contribution is -0.140. The zero-order valence-electron chi connectivity index (χ0n) is 20.9. The number of fused-ring (bicyclic) bond motifs is 1. The van der Waals surface area contributed by atoms with Crippen molar-refractivity contribution in [3.05, 3.63) is 59.1 Å². The van der Waals surface area contributed by atoms with Gasteiger partial charge in [-0.3, -0.25) is 14.0 Å². The first-order valence-electron chi connectivity index (χ1n) is 11.4. The Kier molecular flexibility index (Phi) is 7.16. The van der Waals surface area contributed by atoms with Crippen LogP contribution in [0.15, 0.2) is 42.1 Å². The van der Waals surface area contributed by atoms with Crippen molar-refractivity contribution < 1.29 is 33.6 Å². The number of carbonyl (C=O) groups excluding carboxylic acids is 2. The van der Waals surface area contributed by atoms with Crippen LogP contribution in [0.1, 0.15) is 29.4 Å². The van der Waals surface area contributed by atoms with E-state index in [0.717, 1.165) is 0 Å². The molecule has 0 bridgehead atoms. The van der Waals surface area contributed by atoms with Crippen LogP contribution in [0.5, 0.6) is 17.2 Å². The summed E-state index contributed by atoms with van der Waals surface area (Å²) in [5.74, 6) is -0.706. The Labute approximate surface area is 208 Å². The minimum atomic E-state index is -0.899. The van der Waals surface area contributed by atoms with Gasteiger partial charge in [0.15, 0.2) is 17.3 Å². The predicted octanol–water partition coefficient (Wildman–Crippen LogP) is 3.13. The Morgan fingerprint density at radius 2 is 1.75 bits per heavy atom. The topological polar surface area (TPSA) is 112 Å². The summed E-state index contributed by atoms with van der Waals surface area (Å²) < 4.78 is 23.3. The van der Waals surface area contributed by atoms with Crippen LogP contribution in [0.2, 0.25) is 0 Å². The first-order valence-corrected chi connectivity index (χ1v) is 11.4. The molecular formula is C26H29N3O7. The lowest BCUT2D eigenvalue weighted by atomic mass is 9.95. The van der Waals surface area contributed by atoms with Gasteiger partial charge in [-0.15, -0.1) is 0 Å². The van der Waals surface area contributed by atoms with Crippen molar-refractivity contribution in [3.63, 3.8) is 0 Å². The number of nitrogens with zero attached hydrogens (tertiary/aromatic N) is 3. The second-order valence-corrected chi connectivity index (χ2v) is 8.27. The van der Waals surface area contributed by atoms with Gasteiger partial charge < -0.3 is 29.0 Å². The molecule has 3 aromatic rings. The van der Waals surface area contributed by atoms with E-state index in [4.69, 9.17) is 18.9 Å². The maximum absolute atomic E-state index is 13.4. The molecule has 10 heteroatoms. The van der Waals surface area contributed by atoms with E-state index >= 15 is 0 Å². The highest BCUT2D eigenvalue weighted by Crippen LogP contribution is 2.46. The van der Waals surface area contributed by atoms with E-state index in [-0.39, 0.29) is 17.9 Å². The number of Topliss-reactive ketones (excluding diaryl/α,β-unsaturated/α-hetero) is 1. The van der Waals surface area contributed by atoms with E-state index < -0.39 is 17.7 Å². The number of carbonyl (C=O) groups is 2. The molecule has 1 saturated heterocycles. The van der Waals surface area contributed by atoms with Crippen molar-refractivity contribution in [3.8, 4) is 17.2 Å². The molecule has 1 unspecified atom stereocenters. The third-order valence-electron chi connectivity index (χ3n) is 6.22. The fourth-order valence-electron chi connectivity index (χ4n) is 4.62. The summed E-state index contributed by atoms with van der Waals surface area (Å²) >= 11 is 0.